The van der Waals surface area contributed by atoms with E-state index in [1.54, 1.807) is 20.8 Å². The minimum atomic E-state index is -1.83. The number of hydrogen-bond donors (Lipinski definition) is 11. The van der Waals surface area contributed by atoms with Crippen molar-refractivity contribution in [1.82, 2.24) is 31.5 Å². The van der Waals surface area contributed by atoms with Gasteiger partial charge >= 0.3 is 17.9 Å². The average molecular weight is 827 g/mol. The number of carbonyl (C=O) groups excluding carboxylic acids is 6. The Morgan fingerprint density at radius 3 is 1.81 bits per heavy atom. The van der Waals surface area contributed by atoms with Crippen molar-refractivity contribution >= 4 is 59.3 Å². The van der Waals surface area contributed by atoms with Crippen LogP contribution < -0.4 is 43.8 Å². The van der Waals surface area contributed by atoms with Crippen LogP contribution in [0.1, 0.15) is 92.9 Å². The van der Waals surface area contributed by atoms with Crippen LogP contribution in [0.15, 0.2) is 4.99 Å². The first-order valence-corrected chi connectivity index (χ1v) is 19.3. The maximum Gasteiger partial charge on any atom is 0.326 e. The first-order chi connectivity index (χ1) is 27.0. The molecule has 0 radical (unpaired) electrons. The zero-order valence-electron chi connectivity index (χ0n) is 34.0. The van der Waals surface area contributed by atoms with Gasteiger partial charge in [-0.05, 0) is 49.9 Å². The summed E-state index contributed by atoms with van der Waals surface area (Å²) in [7, 11) is 0. The van der Waals surface area contributed by atoms with E-state index in [1.165, 1.54) is 18.7 Å². The summed E-state index contributed by atoms with van der Waals surface area (Å²) in [4.78, 5) is 121. The molecule has 0 aromatic heterocycles. The van der Waals surface area contributed by atoms with E-state index >= 15 is 0 Å². The van der Waals surface area contributed by atoms with E-state index in [0.717, 1.165) is 0 Å². The molecule has 328 valence electrons. The number of carboxylic acids is 3. The molecule has 1 saturated heterocycles. The maximum atomic E-state index is 14.0. The van der Waals surface area contributed by atoms with Crippen molar-refractivity contribution in [1.29, 1.82) is 0 Å². The van der Waals surface area contributed by atoms with E-state index in [9.17, 15) is 58.5 Å². The molecule has 0 spiro atoms. The molecule has 14 N–H and O–H groups in total. The van der Waals surface area contributed by atoms with Gasteiger partial charge in [-0.1, -0.05) is 48.0 Å². The van der Waals surface area contributed by atoms with Crippen LogP contribution in [0.3, 0.4) is 0 Å². The molecule has 1 aliphatic heterocycles. The average Bonchev–Trinajstić information content (AvgIpc) is 3.63. The van der Waals surface area contributed by atoms with Crippen LogP contribution in [0, 0.1) is 17.8 Å². The number of carboxylic acid groups (broad SMARTS) is 3. The lowest BCUT2D eigenvalue weighted by molar-refractivity contribution is -0.145. The number of carbonyl (C=O) groups is 9. The number of aliphatic imine (C=N–C) groups is 1. The molecule has 22 heteroatoms. The number of amides is 6. The van der Waals surface area contributed by atoms with Crippen molar-refractivity contribution in [2.45, 2.75) is 135 Å². The molecule has 1 aliphatic rings. The normalized spacial score (nSPS) is 17.4. The number of nitrogens with two attached hydrogens (primary N) is 3. The van der Waals surface area contributed by atoms with Gasteiger partial charge in [0.1, 0.15) is 36.3 Å². The molecule has 1 heterocycles. The highest BCUT2D eigenvalue weighted by Crippen LogP contribution is 2.22. The second-order valence-corrected chi connectivity index (χ2v) is 15.1. The second kappa shape index (κ2) is 24.3. The third kappa shape index (κ3) is 16.5. The summed E-state index contributed by atoms with van der Waals surface area (Å²) in [6.07, 6.45) is -0.328. The van der Waals surface area contributed by atoms with E-state index in [0.29, 0.717) is 19.3 Å². The van der Waals surface area contributed by atoms with Gasteiger partial charge in [0.05, 0.1) is 12.5 Å². The summed E-state index contributed by atoms with van der Waals surface area (Å²) in [5.74, 6) is -11.0. The standard InChI is InChI=1S/C36H62N10O12/c1-7-19(6)28(45-29(51)20(37)10-8-14-40-36(38)39)34(56)46-15-9-11-23(46)32(54)43-26(17(2)3)33(55)42-22(16-25(49)50)31(53)41-21(12-13-24(47)48)30(52)44-27(18(4)5)35(57)58/h17-23,26-28H,7-16,37H2,1-6H3,(H,41,53)(H,42,55)(H,43,54)(H,44,52)(H,45,51)(H,47,48)(H,49,50)(H,57,58)(H4,38,39,40)/t19-,20-,21-,22-,23-,26-,27-,28-/m0/s1. The minimum absolute atomic E-state index is 0.0981. The topological polar surface area (TPSA) is 368 Å². The van der Waals surface area contributed by atoms with Gasteiger partial charge in [0.15, 0.2) is 5.96 Å². The van der Waals surface area contributed by atoms with Crippen molar-refractivity contribution < 1.29 is 58.5 Å². The molecule has 0 aliphatic carbocycles. The molecule has 0 unspecified atom stereocenters. The summed E-state index contributed by atoms with van der Waals surface area (Å²) in [5.41, 5.74) is 16.7. The van der Waals surface area contributed by atoms with Crippen LogP contribution in [0.2, 0.25) is 0 Å². The summed E-state index contributed by atoms with van der Waals surface area (Å²) in [6.45, 7) is 10.2. The van der Waals surface area contributed by atoms with Gasteiger partial charge in [-0.3, -0.25) is 43.3 Å². The third-order valence-electron chi connectivity index (χ3n) is 9.69. The molecule has 0 aromatic carbocycles. The van der Waals surface area contributed by atoms with E-state index in [-0.39, 0.29) is 37.8 Å². The number of aliphatic carboxylic acids is 3. The van der Waals surface area contributed by atoms with Crippen molar-refractivity contribution in [2.75, 3.05) is 13.1 Å². The fourth-order valence-corrected chi connectivity index (χ4v) is 6.08. The van der Waals surface area contributed by atoms with Crippen molar-refractivity contribution in [3.05, 3.63) is 0 Å². The molecule has 58 heavy (non-hydrogen) atoms. The Labute approximate surface area is 337 Å². The first kappa shape index (κ1) is 50.5. The number of hydrogen-bond acceptors (Lipinski definition) is 11. The Hall–Kier alpha value is -5.54. The van der Waals surface area contributed by atoms with E-state index in [2.05, 4.69) is 31.6 Å². The predicted octanol–water partition coefficient (Wildman–Crippen LogP) is -2.44. The molecule has 0 aromatic rings. The largest absolute Gasteiger partial charge is 0.481 e. The lowest BCUT2D eigenvalue weighted by Crippen LogP contribution is -2.61. The van der Waals surface area contributed by atoms with Gasteiger partial charge in [0.2, 0.25) is 35.4 Å². The molecule has 22 nitrogen and oxygen atoms in total. The number of nitrogens with one attached hydrogen (secondary N) is 5. The molecule has 8 atom stereocenters. The third-order valence-corrected chi connectivity index (χ3v) is 9.69. The number of nitrogens with zero attached hydrogens (tertiary/aromatic N) is 2. The van der Waals surface area contributed by atoms with Crippen molar-refractivity contribution in [2.24, 2.45) is 39.9 Å². The van der Waals surface area contributed by atoms with Gasteiger partial charge in [0, 0.05) is 19.5 Å². The Morgan fingerprint density at radius 2 is 1.29 bits per heavy atom. The molecule has 1 rings (SSSR count). The van der Waals surface area contributed by atoms with E-state index < -0.39 is 127 Å². The molecule has 6 amide bonds. The summed E-state index contributed by atoms with van der Waals surface area (Å²) >= 11 is 0. The first-order valence-electron chi connectivity index (χ1n) is 19.3. The van der Waals surface area contributed by atoms with Crippen LogP contribution >= 0.6 is 0 Å². The molecule has 0 bridgehead atoms. The van der Waals surface area contributed by atoms with Crippen LogP contribution in [-0.2, 0) is 43.2 Å². The van der Waals surface area contributed by atoms with Crippen LogP contribution in [0.5, 0.6) is 0 Å². The highest BCUT2D eigenvalue weighted by molar-refractivity contribution is 5.98. The van der Waals surface area contributed by atoms with E-state index in [4.69, 9.17) is 17.2 Å². The molecule has 1 fully saturated rings. The highest BCUT2D eigenvalue weighted by Gasteiger charge is 2.41. The summed E-state index contributed by atoms with van der Waals surface area (Å²) in [5, 5.41) is 40.4. The zero-order chi connectivity index (χ0) is 44.4. The zero-order valence-corrected chi connectivity index (χ0v) is 34.0. The van der Waals surface area contributed by atoms with Gasteiger partial charge < -0.3 is 64.0 Å². The second-order valence-electron chi connectivity index (χ2n) is 15.1. The summed E-state index contributed by atoms with van der Waals surface area (Å²) in [6, 6.07) is -9.26. The van der Waals surface area contributed by atoms with Crippen molar-refractivity contribution in [3.63, 3.8) is 0 Å². The lowest BCUT2D eigenvalue weighted by atomic mass is 9.96. The fraction of sp³-hybridized carbons (Fsp3) is 0.722. The molecule has 0 saturated carbocycles. The Morgan fingerprint density at radius 1 is 0.724 bits per heavy atom. The highest BCUT2D eigenvalue weighted by atomic mass is 16.4. The monoisotopic (exact) mass is 826 g/mol. The quantitative estimate of drug-likeness (QED) is 0.0259. The smallest absolute Gasteiger partial charge is 0.326 e. The van der Waals surface area contributed by atoms with Crippen LogP contribution in [-0.4, -0.2) is 135 Å². The molecular weight excluding hydrogens is 764 g/mol. The summed E-state index contributed by atoms with van der Waals surface area (Å²) < 4.78 is 0. The number of guanidine groups is 1. The Kier molecular flexibility index (Phi) is 21.1. The number of rotatable bonds is 25. The molecular formula is C36H62N10O12. The fourth-order valence-electron chi connectivity index (χ4n) is 6.08. The Balaban J connectivity index is 3.22. The lowest BCUT2D eigenvalue weighted by Gasteiger charge is -2.33. The van der Waals surface area contributed by atoms with Crippen LogP contribution in [0.25, 0.3) is 0 Å². The minimum Gasteiger partial charge on any atom is -0.481 e. The van der Waals surface area contributed by atoms with Crippen molar-refractivity contribution in [3.8, 4) is 0 Å². The van der Waals surface area contributed by atoms with Gasteiger partial charge in [-0.2, -0.15) is 0 Å². The van der Waals surface area contributed by atoms with E-state index in [1.807, 2.05) is 6.92 Å². The maximum absolute atomic E-state index is 14.0. The number of likely N-dealkylation sites (tertiary alicyclic amines) is 1. The Bertz CT molecular complexity index is 1520. The van der Waals surface area contributed by atoms with Gasteiger partial charge in [-0.25, -0.2) is 4.79 Å². The van der Waals surface area contributed by atoms with Crippen LogP contribution in [0.4, 0.5) is 0 Å². The van der Waals surface area contributed by atoms with Gasteiger partial charge in [0.25, 0.3) is 0 Å². The predicted molar refractivity (Wildman–Crippen MR) is 208 cm³/mol. The SMILES string of the molecule is CC[C@H](C)[C@H](NC(=O)[C@@H](N)CCCN=C(N)N)C(=O)N1CCC[C@H]1C(=O)N[C@H](C(=O)N[C@@H](CC(=O)O)C(=O)N[C@@H](CCC(=O)O)C(=O)N[C@H](C(=O)O)C(C)C)C(C)C. The van der Waals surface area contributed by atoms with Gasteiger partial charge in [-0.15, -0.1) is 0 Å².